The van der Waals surface area contributed by atoms with Gasteiger partial charge in [0.2, 0.25) is 0 Å². The van der Waals surface area contributed by atoms with Crippen molar-refractivity contribution >= 4 is 33.2 Å². The predicted octanol–water partition coefficient (Wildman–Crippen LogP) is 2.71. The van der Waals surface area contributed by atoms with E-state index < -0.39 is 0 Å². The molecule has 0 saturated heterocycles. The van der Waals surface area contributed by atoms with Gasteiger partial charge in [0.1, 0.15) is 0 Å². The molecule has 0 amide bonds. The summed E-state index contributed by atoms with van der Waals surface area (Å²) in [6.07, 6.45) is 1.05. The fourth-order valence-electron chi connectivity index (χ4n) is 1.40. The molecule has 0 atom stereocenters. The summed E-state index contributed by atoms with van der Waals surface area (Å²) in [6, 6.07) is 4.25. The summed E-state index contributed by atoms with van der Waals surface area (Å²) in [5.74, 6) is 0.891. The number of hydrogen-bond acceptors (Lipinski definition) is 2. The second kappa shape index (κ2) is 7.50. The second-order valence-corrected chi connectivity index (χ2v) is 5.82. The van der Waals surface area contributed by atoms with Crippen LogP contribution in [-0.4, -0.2) is 38.0 Å². The highest BCUT2D eigenvalue weighted by molar-refractivity contribution is 9.11. The molecule has 1 aromatic heterocycles. The lowest BCUT2D eigenvalue weighted by Gasteiger charge is -2.21. The summed E-state index contributed by atoms with van der Waals surface area (Å²) in [4.78, 5) is 7.75. The minimum Gasteiger partial charge on any atom is -0.352 e. The molecule has 94 valence electrons. The molecule has 1 rings (SSSR count). The Morgan fingerprint density at radius 2 is 2.41 bits per heavy atom. The lowest BCUT2D eigenvalue weighted by molar-refractivity contribution is 0.490. The summed E-state index contributed by atoms with van der Waals surface area (Å²) in [5.41, 5.74) is 0. The maximum Gasteiger partial charge on any atom is 0.193 e. The number of aliphatic imine (C=N–C) groups is 1. The smallest absolute Gasteiger partial charge is 0.193 e. The van der Waals surface area contributed by atoms with Crippen LogP contribution in [0.25, 0.3) is 0 Å². The van der Waals surface area contributed by atoms with E-state index in [0.717, 1.165) is 23.4 Å². The van der Waals surface area contributed by atoms with Crippen LogP contribution in [0.1, 0.15) is 4.88 Å². The summed E-state index contributed by atoms with van der Waals surface area (Å²) in [5, 5.41) is 5.34. The van der Waals surface area contributed by atoms with Gasteiger partial charge in [0, 0.05) is 36.5 Å². The van der Waals surface area contributed by atoms with E-state index in [2.05, 4.69) is 55.2 Å². The molecule has 0 aliphatic heterocycles. The molecule has 0 aliphatic rings. The first-order valence-electron chi connectivity index (χ1n) is 5.41. The zero-order chi connectivity index (χ0) is 12.7. The highest BCUT2D eigenvalue weighted by Crippen LogP contribution is 2.09. The van der Waals surface area contributed by atoms with Gasteiger partial charge in [0.25, 0.3) is 0 Å². The number of halogens is 1. The van der Waals surface area contributed by atoms with Gasteiger partial charge in [-0.25, -0.2) is 0 Å². The van der Waals surface area contributed by atoms with Crippen LogP contribution < -0.4 is 5.32 Å². The molecule has 3 nitrogen and oxygen atoms in total. The van der Waals surface area contributed by atoms with Crippen molar-refractivity contribution in [1.29, 1.82) is 0 Å². The molecule has 1 N–H and O–H groups in total. The van der Waals surface area contributed by atoms with E-state index in [-0.39, 0.29) is 0 Å². The molecule has 0 aliphatic carbocycles. The third-order valence-corrected chi connectivity index (χ3v) is 3.50. The van der Waals surface area contributed by atoms with Crippen molar-refractivity contribution in [2.45, 2.75) is 6.42 Å². The normalized spacial score (nSPS) is 11.4. The molecular weight excluding hydrogens is 298 g/mol. The number of thiophene rings is 1. The van der Waals surface area contributed by atoms with Gasteiger partial charge in [0.15, 0.2) is 5.96 Å². The summed E-state index contributed by atoms with van der Waals surface area (Å²) < 4.78 is 0.922. The fourth-order valence-corrected chi connectivity index (χ4v) is 2.24. The van der Waals surface area contributed by atoms with Gasteiger partial charge < -0.3 is 10.2 Å². The van der Waals surface area contributed by atoms with Gasteiger partial charge in [-0.1, -0.05) is 28.6 Å². The molecule has 1 heterocycles. The maximum absolute atomic E-state index is 4.23. The van der Waals surface area contributed by atoms with Gasteiger partial charge in [-0.3, -0.25) is 4.99 Å². The molecule has 17 heavy (non-hydrogen) atoms. The van der Waals surface area contributed by atoms with Crippen LogP contribution in [0.5, 0.6) is 0 Å². The molecule has 5 heteroatoms. The highest BCUT2D eigenvalue weighted by atomic mass is 79.9. The van der Waals surface area contributed by atoms with Crippen LogP contribution in [0.4, 0.5) is 0 Å². The third-order valence-electron chi connectivity index (χ3n) is 2.29. The average molecular weight is 316 g/mol. The van der Waals surface area contributed by atoms with Crippen molar-refractivity contribution in [2.24, 2.45) is 4.99 Å². The minimum absolute atomic E-state index is 0.690. The fraction of sp³-hybridized carbons (Fsp3) is 0.417. The van der Waals surface area contributed by atoms with Crippen LogP contribution in [0.15, 0.2) is 33.6 Å². The van der Waals surface area contributed by atoms with Gasteiger partial charge in [0.05, 0.1) is 0 Å². The Hall–Kier alpha value is -0.810. The largest absolute Gasteiger partial charge is 0.352 e. The van der Waals surface area contributed by atoms with Crippen molar-refractivity contribution in [2.75, 3.05) is 27.2 Å². The molecule has 0 unspecified atom stereocenters. The Kier molecular flexibility index (Phi) is 6.29. The summed E-state index contributed by atoms with van der Waals surface area (Å²) >= 11 is 5.12. The van der Waals surface area contributed by atoms with Gasteiger partial charge in [-0.15, -0.1) is 11.3 Å². The first kappa shape index (κ1) is 14.3. The molecule has 0 bridgehead atoms. The molecular formula is C12H18BrN3S. The maximum atomic E-state index is 4.23. The molecule has 0 saturated carbocycles. The number of likely N-dealkylation sites (N-methyl/N-ethyl adjacent to an activating group) is 1. The second-order valence-electron chi connectivity index (χ2n) is 3.67. The Labute approximate surface area is 115 Å². The Bertz CT molecular complexity index is 373. The summed E-state index contributed by atoms with van der Waals surface area (Å²) in [7, 11) is 3.83. The number of nitrogens with one attached hydrogen (secondary N) is 1. The zero-order valence-electron chi connectivity index (χ0n) is 10.2. The zero-order valence-corrected chi connectivity index (χ0v) is 12.6. The van der Waals surface area contributed by atoms with Crippen LogP contribution in [0, 0.1) is 0 Å². The van der Waals surface area contributed by atoms with Gasteiger partial charge in [-0.2, -0.15) is 0 Å². The molecule has 0 spiro atoms. The topological polar surface area (TPSA) is 27.6 Å². The summed E-state index contributed by atoms with van der Waals surface area (Å²) in [6.45, 7) is 5.43. The minimum atomic E-state index is 0.690. The van der Waals surface area contributed by atoms with E-state index >= 15 is 0 Å². The van der Waals surface area contributed by atoms with E-state index in [1.54, 1.807) is 18.4 Å². The van der Waals surface area contributed by atoms with Crippen molar-refractivity contribution in [1.82, 2.24) is 10.2 Å². The van der Waals surface area contributed by atoms with E-state index in [1.165, 1.54) is 4.88 Å². The molecule has 1 aromatic rings. The van der Waals surface area contributed by atoms with Crippen LogP contribution >= 0.6 is 27.3 Å². The number of guanidine groups is 1. The van der Waals surface area contributed by atoms with Gasteiger partial charge in [-0.05, 0) is 17.9 Å². The standard InChI is InChI=1S/C12H18BrN3S/c1-10(13)9-15-12(14-2)16(3)7-6-11-5-4-8-17-11/h4-5,8H,1,6-7,9H2,2-3H3,(H,14,15). The van der Waals surface area contributed by atoms with E-state index in [0.29, 0.717) is 6.54 Å². The molecule has 0 radical (unpaired) electrons. The van der Waals surface area contributed by atoms with Gasteiger partial charge >= 0.3 is 0 Å². The van der Waals surface area contributed by atoms with Crippen molar-refractivity contribution in [3.63, 3.8) is 0 Å². The average Bonchev–Trinajstić information content (AvgIpc) is 2.79. The van der Waals surface area contributed by atoms with Crippen LogP contribution in [0.2, 0.25) is 0 Å². The third kappa shape index (κ3) is 5.37. The lowest BCUT2D eigenvalue weighted by atomic mass is 10.3. The van der Waals surface area contributed by atoms with Crippen molar-refractivity contribution < 1.29 is 0 Å². The van der Waals surface area contributed by atoms with Crippen LogP contribution in [-0.2, 0) is 6.42 Å². The Balaban J connectivity index is 2.38. The molecule has 0 aromatic carbocycles. The number of rotatable bonds is 5. The van der Waals surface area contributed by atoms with Crippen molar-refractivity contribution in [3.8, 4) is 0 Å². The predicted molar refractivity (Wildman–Crippen MR) is 80.1 cm³/mol. The Morgan fingerprint density at radius 1 is 1.65 bits per heavy atom. The van der Waals surface area contributed by atoms with Crippen molar-refractivity contribution in [3.05, 3.63) is 33.5 Å². The van der Waals surface area contributed by atoms with E-state index in [9.17, 15) is 0 Å². The SMILES string of the molecule is C=C(Br)CNC(=NC)N(C)CCc1cccs1. The number of hydrogen-bond donors (Lipinski definition) is 1. The quantitative estimate of drug-likeness (QED) is 0.668. The molecule has 0 fully saturated rings. The highest BCUT2D eigenvalue weighted by Gasteiger charge is 2.05. The number of nitrogens with zero attached hydrogens (tertiary/aromatic N) is 2. The Morgan fingerprint density at radius 3 is 2.94 bits per heavy atom. The monoisotopic (exact) mass is 315 g/mol. The first-order valence-corrected chi connectivity index (χ1v) is 7.08. The van der Waals surface area contributed by atoms with E-state index in [4.69, 9.17) is 0 Å². The first-order chi connectivity index (χ1) is 8.13. The van der Waals surface area contributed by atoms with E-state index in [1.807, 2.05) is 7.05 Å². The van der Waals surface area contributed by atoms with Crippen LogP contribution in [0.3, 0.4) is 0 Å². The lowest BCUT2D eigenvalue weighted by Crippen LogP contribution is -2.40.